The average Bonchev–Trinajstić information content (AvgIpc) is 3.46. The normalized spacial score (nSPS) is 18.1. The summed E-state index contributed by atoms with van der Waals surface area (Å²) in [5.41, 5.74) is 4.00. The monoisotopic (exact) mass is 395 g/mol. The zero-order valence-corrected chi connectivity index (χ0v) is 16.7. The third-order valence-electron chi connectivity index (χ3n) is 5.88. The maximum atomic E-state index is 13.1. The highest BCUT2D eigenvalue weighted by Gasteiger charge is 2.25. The summed E-state index contributed by atoms with van der Waals surface area (Å²) in [6.45, 7) is 3.37. The number of nitrogens with zero attached hydrogens (tertiary/aromatic N) is 2. The van der Waals surface area contributed by atoms with Crippen LogP contribution in [0.1, 0.15) is 42.2 Å². The van der Waals surface area contributed by atoms with Crippen LogP contribution >= 0.6 is 11.3 Å². The number of hydrogen-bond acceptors (Lipinski definition) is 4. The first-order chi connectivity index (χ1) is 13.8. The van der Waals surface area contributed by atoms with Crippen LogP contribution in [0.25, 0.3) is 10.2 Å². The minimum atomic E-state index is -0.0191. The zero-order chi connectivity index (χ0) is 18.9. The van der Waals surface area contributed by atoms with Gasteiger partial charge in [-0.1, -0.05) is 12.8 Å². The van der Waals surface area contributed by atoms with Gasteiger partial charge in [0.05, 0.1) is 23.4 Å². The van der Waals surface area contributed by atoms with Gasteiger partial charge in [0.1, 0.15) is 5.69 Å². The summed E-state index contributed by atoms with van der Waals surface area (Å²) in [5.74, 6) is -0.0191. The Labute approximate surface area is 168 Å². The Bertz CT molecular complexity index is 964. The van der Waals surface area contributed by atoms with Gasteiger partial charge in [-0.25, -0.2) is 0 Å². The van der Waals surface area contributed by atoms with Crippen LogP contribution in [0.4, 0.5) is 11.4 Å². The fourth-order valence-corrected chi connectivity index (χ4v) is 5.26. The number of carbonyl (C=O) groups is 1. The number of benzene rings is 1. The van der Waals surface area contributed by atoms with Crippen molar-refractivity contribution >= 4 is 38.8 Å². The topological polar surface area (TPSA) is 46.5 Å². The third kappa shape index (κ3) is 3.31. The highest BCUT2D eigenvalue weighted by molar-refractivity contribution is 7.17. The van der Waals surface area contributed by atoms with Crippen molar-refractivity contribution in [3.05, 3.63) is 47.5 Å². The van der Waals surface area contributed by atoms with Crippen LogP contribution in [0, 0.1) is 0 Å². The number of hydrogen-bond donors (Lipinski definition) is 1. The molecule has 6 heteroatoms. The van der Waals surface area contributed by atoms with E-state index in [4.69, 9.17) is 4.74 Å². The highest BCUT2D eigenvalue weighted by atomic mass is 32.1. The van der Waals surface area contributed by atoms with Crippen LogP contribution in [-0.2, 0) is 4.74 Å². The van der Waals surface area contributed by atoms with Crippen LogP contribution in [0.5, 0.6) is 0 Å². The number of rotatable bonds is 4. The fourth-order valence-electron chi connectivity index (χ4n) is 4.45. The zero-order valence-electron chi connectivity index (χ0n) is 15.9. The molecule has 1 aromatic carbocycles. The predicted octanol–water partition coefficient (Wildman–Crippen LogP) is 4.91. The lowest BCUT2D eigenvalue weighted by molar-refractivity contribution is 0.101. The lowest BCUT2D eigenvalue weighted by atomic mass is 10.2. The molecule has 3 heterocycles. The summed E-state index contributed by atoms with van der Waals surface area (Å²) in [4.78, 5) is 15.4. The Morgan fingerprint density at radius 3 is 2.57 bits per heavy atom. The first-order valence-electron chi connectivity index (χ1n) is 10.1. The van der Waals surface area contributed by atoms with Gasteiger partial charge in [-0.3, -0.25) is 4.79 Å². The van der Waals surface area contributed by atoms with Crippen molar-refractivity contribution < 1.29 is 9.53 Å². The summed E-state index contributed by atoms with van der Waals surface area (Å²) >= 11 is 1.71. The number of nitrogens with one attached hydrogen (secondary N) is 1. The molecule has 2 fully saturated rings. The summed E-state index contributed by atoms with van der Waals surface area (Å²) in [6, 6.07) is 12.8. The number of ether oxygens (including phenoxy) is 1. The summed E-state index contributed by atoms with van der Waals surface area (Å²) in [5, 5.41) is 5.22. The smallest absolute Gasteiger partial charge is 0.272 e. The van der Waals surface area contributed by atoms with E-state index in [-0.39, 0.29) is 5.91 Å². The summed E-state index contributed by atoms with van der Waals surface area (Å²) < 4.78 is 8.89. The van der Waals surface area contributed by atoms with Crippen LogP contribution in [0.3, 0.4) is 0 Å². The van der Waals surface area contributed by atoms with Crippen molar-refractivity contribution in [2.75, 3.05) is 36.5 Å². The molecule has 1 saturated carbocycles. The van der Waals surface area contributed by atoms with E-state index in [0.717, 1.165) is 50.5 Å². The largest absolute Gasteiger partial charge is 0.378 e. The molecule has 2 aromatic heterocycles. The molecule has 3 aromatic rings. The van der Waals surface area contributed by atoms with E-state index in [0.29, 0.717) is 6.04 Å². The van der Waals surface area contributed by atoms with Crippen molar-refractivity contribution in [1.29, 1.82) is 0 Å². The second-order valence-corrected chi connectivity index (χ2v) is 8.56. The summed E-state index contributed by atoms with van der Waals surface area (Å²) in [6.07, 6.45) is 4.82. The highest BCUT2D eigenvalue weighted by Crippen LogP contribution is 2.36. The van der Waals surface area contributed by atoms with Gasteiger partial charge in [-0.15, -0.1) is 11.3 Å². The molecule has 0 radical (unpaired) electrons. The standard InChI is InChI=1S/C22H25N3O2S/c26-22(23-16-5-7-17(8-6-16)24-10-12-27-13-11-24)20-15-21-19(9-14-28-21)25(20)18-3-1-2-4-18/h5-9,14-15,18H,1-4,10-13H2,(H,23,26). The first-order valence-corrected chi connectivity index (χ1v) is 11.0. The minimum absolute atomic E-state index is 0.0191. The molecule has 0 unspecified atom stereocenters. The van der Waals surface area contributed by atoms with Crippen molar-refractivity contribution in [3.63, 3.8) is 0 Å². The van der Waals surface area contributed by atoms with Gasteiger partial charge >= 0.3 is 0 Å². The second kappa shape index (κ2) is 7.60. The van der Waals surface area contributed by atoms with E-state index >= 15 is 0 Å². The molecule has 146 valence electrons. The van der Waals surface area contributed by atoms with E-state index in [1.807, 2.05) is 12.1 Å². The Hall–Kier alpha value is -2.31. The second-order valence-electron chi connectivity index (χ2n) is 7.61. The SMILES string of the molecule is O=C(Nc1ccc(N2CCOCC2)cc1)c1cc2sccc2n1C1CCCC1. The molecule has 0 atom stereocenters. The fraction of sp³-hybridized carbons (Fsp3) is 0.409. The molecule has 2 aliphatic rings. The van der Waals surface area contributed by atoms with Gasteiger partial charge in [0.2, 0.25) is 0 Å². The number of morpholine rings is 1. The molecule has 1 aliphatic heterocycles. The number of carbonyl (C=O) groups excluding carboxylic acids is 1. The molecule has 0 spiro atoms. The Morgan fingerprint density at radius 2 is 1.82 bits per heavy atom. The number of aromatic nitrogens is 1. The quantitative estimate of drug-likeness (QED) is 0.683. The lowest BCUT2D eigenvalue weighted by Gasteiger charge is -2.28. The molecule has 28 heavy (non-hydrogen) atoms. The number of fused-ring (bicyclic) bond motifs is 1. The molecule has 1 N–H and O–H groups in total. The first kappa shape index (κ1) is 17.8. The van der Waals surface area contributed by atoms with E-state index in [1.165, 1.54) is 28.7 Å². The average molecular weight is 396 g/mol. The summed E-state index contributed by atoms with van der Waals surface area (Å²) in [7, 11) is 0. The molecular weight excluding hydrogens is 370 g/mol. The lowest BCUT2D eigenvalue weighted by Crippen LogP contribution is -2.36. The Balaban J connectivity index is 1.37. The van der Waals surface area contributed by atoms with Gasteiger partial charge in [-0.2, -0.15) is 0 Å². The Morgan fingerprint density at radius 1 is 1.07 bits per heavy atom. The predicted molar refractivity (Wildman–Crippen MR) is 115 cm³/mol. The maximum Gasteiger partial charge on any atom is 0.272 e. The van der Waals surface area contributed by atoms with E-state index in [1.54, 1.807) is 11.3 Å². The molecular formula is C22H25N3O2S. The van der Waals surface area contributed by atoms with Crippen molar-refractivity contribution in [1.82, 2.24) is 4.57 Å². The van der Waals surface area contributed by atoms with Gasteiger partial charge in [0, 0.05) is 30.5 Å². The Kier molecular flexibility index (Phi) is 4.82. The minimum Gasteiger partial charge on any atom is -0.378 e. The van der Waals surface area contributed by atoms with E-state index in [2.05, 4.69) is 44.4 Å². The van der Waals surface area contributed by atoms with E-state index in [9.17, 15) is 4.79 Å². The molecule has 5 rings (SSSR count). The van der Waals surface area contributed by atoms with Crippen LogP contribution in [-0.4, -0.2) is 36.8 Å². The van der Waals surface area contributed by atoms with Crippen molar-refractivity contribution in [2.45, 2.75) is 31.7 Å². The van der Waals surface area contributed by atoms with Crippen molar-refractivity contribution in [3.8, 4) is 0 Å². The maximum absolute atomic E-state index is 13.1. The molecule has 1 amide bonds. The van der Waals surface area contributed by atoms with Gasteiger partial charge in [-0.05, 0) is 54.6 Å². The molecule has 1 saturated heterocycles. The number of anilines is 2. The van der Waals surface area contributed by atoms with Crippen molar-refractivity contribution in [2.24, 2.45) is 0 Å². The third-order valence-corrected chi connectivity index (χ3v) is 6.74. The van der Waals surface area contributed by atoms with Crippen LogP contribution < -0.4 is 10.2 Å². The van der Waals surface area contributed by atoms with Gasteiger partial charge in [0.15, 0.2) is 0 Å². The van der Waals surface area contributed by atoms with Gasteiger partial charge < -0.3 is 19.5 Å². The molecule has 5 nitrogen and oxygen atoms in total. The van der Waals surface area contributed by atoms with Gasteiger partial charge in [0.25, 0.3) is 5.91 Å². The number of amides is 1. The molecule has 0 bridgehead atoms. The van der Waals surface area contributed by atoms with E-state index < -0.39 is 0 Å². The van der Waals surface area contributed by atoms with Crippen LogP contribution in [0.2, 0.25) is 0 Å². The number of thiophene rings is 1. The van der Waals surface area contributed by atoms with Crippen LogP contribution in [0.15, 0.2) is 41.8 Å². The molecule has 1 aliphatic carbocycles.